The average molecular weight is 296 g/mol. The molecule has 3 rings (SSSR count). The molecule has 2 aromatic rings. The van der Waals surface area contributed by atoms with E-state index < -0.39 is 12.1 Å². The second-order valence-corrected chi connectivity index (χ2v) is 5.57. The van der Waals surface area contributed by atoms with E-state index in [0.29, 0.717) is 23.9 Å². The molecule has 1 aromatic heterocycles. The molecule has 0 saturated heterocycles. The summed E-state index contributed by atoms with van der Waals surface area (Å²) in [5.74, 6) is -1.23. The molecule has 1 aliphatic rings. The number of halogens is 3. The van der Waals surface area contributed by atoms with Gasteiger partial charge in [-0.1, -0.05) is 18.2 Å². The first-order chi connectivity index (χ1) is 9.97. The van der Waals surface area contributed by atoms with E-state index in [9.17, 15) is 18.0 Å². The van der Waals surface area contributed by atoms with E-state index >= 15 is 0 Å². The van der Waals surface area contributed by atoms with Gasteiger partial charge < -0.3 is 0 Å². The highest BCUT2D eigenvalue weighted by atomic mass is 19.4. The highest BCUT2D eigenvalue weighted by Gasteiger charge is 2.41. The molecule has 3 nitrogen and oxygen atoms in total. The van der Waals surface area contributed by atoms with Crippen LogP contribution in [-0.4, -0.2) is 16.4 Å². The minimum absolute atomic E-state index is 0.0228. The zero-order chi connectivity index (χ0) is 15.0. The number of nitrogens with one attached hydrogen (secondary N) is 1. The van der Waals surface area contributed by atoms with E-state index in [0.717, 1.165) is 5.39 Å². The molecule has 1 fully saturated rings. The number of hydrogen-bond acceptors (Lipinski definition) is 2. The van der Waals surface area contributed by atoms with Gasteiger partial charge >= 0.3 is 6.18 Å². The first kappa shape index (κ1) is 14.1. The Hall–Kier alpha value is -1.85. The van der Waals surface area contributed by atoms with E-state index in [1.807, 2.05) is 12.1 Å². The molecule has 6 heteroatoms. The highest BCUT2D eigenvalue weighted by molar-refractivity contribution is 5.83. The van der Waals surface area contributed by atoms with E-state index in [2.05, 4.69) is 10.2 Å². The molecule has 1 aromatic carbocycles. The van der Waals surface area contributed by atoms with Crippen LogP contribution < -0.4 is 5.56 Å². The van der Waals surface area contributed by atoms with Gasteiger partial charge in [-0.15, -0.1) is 0 Å². The Bertz CT molecular complexity index is 700. The Labute approximate surface area is 119 Å². The van der Waals surface area contributed by atoms with Gasteiger partial charge in [0.2, 0.25) is 0 Å². The average Bonchev–Trinajstić information content (AvgIpc) is 2.47. The van der Waals surface area contributed by atoms with Gasteiger partial charge in [-0.25, -0.2) is 5.10 Å². The predicted molar refractivity (Wildman–Crippen MR) is 73.1 cm³/mol. The summed E-state index contributed by atoms with van der Waals surface area (Å²) >= 11 is 0. The molecule has 1 heterocycles. The van der Waals surface area contributed by atoms with Gasteiger partial charge in [-0.05, 0) is 31.7 Å². The molecule has 0 atom stereocenters. The Balaban J connectivity index is 1.90. The summed E-state index contributed by atoms with van der Waals surface area (Å²) in [5, 5.41) is 7.84. The number of fused-ring (bicyclic) bond motifs is 1. The quantitative estimate of drug-likeness (QED) is 0.871. The van der Waals surface area contributed by atoms with Gasteiger partial charge in [0.25, 0.3) is 5.56 Å². The van der Waals surface area contributed by atoms with E-state index in [-0.39, 0.29) is 24.3 Å². The molecule has 0 spiro atoms. The summed E-state index contributed by atoms with van der Waals surface area (Å²) in [6.07, 6.45) is -2.95. The maximum atomic E-state index is 12.7. The number of benzene rings is 1. The lowest BCUT2D eigenvalue weighted by Crippen LogP contribution is -2.27. The first-order valence-corrected chi connectivity index (χ1v) is 7.01. The Morgan fingerprint density at radius 1 is 1.05 bits per heavy atom. The van der Waals surface area contributed by atoms with Crippen molar-refractivity contribution in [1.82, 2.24) is 10.2 Å². The summed E-state index contributed by atoms with van der Waals surface area (Å²) in [4.78, 5) is 11.7. The summed E-state index contributed by atoms with van der Waals surface area (Å²) < 4.78 is 38.1. The van der Waals surface area contributed by atoms with Gasteiger partial charge in [0.05, 0.1) is 17.0 Å². The number of nitrogens with zero attached hydrogens (tertiary/aromatic N) is 1. The van der Waals surface area contributed by atoms with Crippen molar-refractivity contribution in [3.05, 3.63) is 40.3 Å². The van der Waals surface area contributed by atoms with Crippen molar-refractivity contribution in [1.29, 1.82) is 0 Å². The third kappa shape index (κ3) is 2.66. The van der Waals surface area contributed by atoms with Crippen molar-refractivity contribution in [2.24, 2.45) is 5.92 Å². The second-order valence-electron chi connectivity index (χ2n) is 5.57. The lowest BCUT2D eigenvalue weighted by molar-refractivity contribution is -0.182. The van der Waals surface area contributed by atoms with Crippen LogP contribution in [0.5, 0.6) is 0 Å². The van der Waals surface area contributed by atoms with Gasteiger partial charge in [0.15, 0.2) is 0 Å². The maximum Gasteiger partial charge on any atom is 0.391 e. The zero-order valence-corrected chi connectivity index (χ0v) is 11.3. The molecule has 21 heavy (non-hydrogen) atoms. The molecular weight excluding hydrogens is 281 g/mol. The summed E-state index contributed by atoms with van der Waals surface area (Å²) in [6.45, 7) is 0. The van der Waals surface area contributed by atoms with Gasteiger partial charge in [0.1, 0.15) is 0 Å². The first-order valence-electron chi connectivity index (χ1n) is 7.01. The fourth-order valence-electron chi connectivity index (χ4n) is 3.14. The van der Waals surface area contributed by atoms with Crippen LogP contribution in [0.4, 0.5) is 13.2 Å². The smallest absolute Gasteiger partial charge is 0.267 e. The predicted octanol–water partition coefficient (Wildman–Crippen LogP) is 3.76. The number of hydrogen-bond donors (Lipinski definition) is 1. The van der Waals surface area contributed by atoms with Crippen molar-refractivity contribution < 1.29 is 13.2 Å². The van der Waals surface area contributed by atoms with Gasteiger partial charge in [-0.2, -0.15) is 18.3 Å². The summed E-state index contributed by atoms with van der Waals surface area (Å²) in [7, 11) is 0. The molecule has 1 aliphatic carbocycles. The van der Waals surface area contributed by atoms with Crippen LogP contribution >= 0.6 is 0 Å². The molecule has 0 radical (unpaired) electrons. The monoisotopic (exact) mass is 296 g/mol. The normalized spacial score (nSPS) is 23.4. The SMILES string of the molecule is O=c1[nH]nc([C@H]2CC[C@@H](C(F)(F)F)CC2)c2ccccc12. The molecule has 0 bridgehead atoms. The Morgan fingerprint density at radius 3 is 2.29 bits per heavy atom. The van der Waals surface area contributed by atoms with Crippen LogP contribution in [0.15, 0.2) is 29.1 Å². The van der Waals surface area contributed by atoms with Crippen LogP contribution in [0, 0.1) is 5.92 Å². The largest absolute Gasteiger partial charge is 0.391 e. The zero-order valence-electron chi connectivity index (χ0n) is 11.3. The third-order valence-corrected chi connectivity index (χ3v) is 4.30. The van der Waals surface area contributed by atoms with Gasteiger partial charge in [-0.3, -0.25) is 4.79 Å². The Kier molecular flexibility index (Phi) is 3.47. The number of rotatable bonds is 1. The third-order valence-electron chi connectivity index (χ3n) is 4.30. The fraction of sp³-hybridized carbons (Fsp3) is 0.467. The summed E-state index contributed by atoms with van der Waals surface area (Å²) in [6, 6.07) is 7.10. The molecule has 1 N–H and O–H groups in total. The van der Waals surface area contributed by atoms with Gasteiger partial charge in [0, 0.05) is 11.3 Å². The van der Waals surface area contributed by atoms with E-state index in [4.69, 9.17) is 0 Å². The standard InChI is InChI=1S/C15H15F3N2O/c16-15(17,18)10-7-5-9(6-8-10)13-11-3-1-2-4-12(11)14(21)20-19-13/h1-4,9-10H,5-8H2,(H,20,21)/t9-,10+. The van der Waals surface area contributed by atoms with Crippen LogP contribution in [0.25, 0.3) is 10.8 Å². The van der Waals surface area contributed by atoms with E-state index in [1.54, 1.807) is 12.1 Å². The molecular formula is C15H15F3N2O. The second kappa shape index (κ2) is 5.16. The molecule has 0 amide bonds. The van der Waals surface area contributed by atoms with Crippen LogP contribution in [0.3, 0.4) is 0 Å². The number of aromatic amines is 1. The summed E-state index contributed by atoms with van der Waals surface area (Å²) in [5.41, 5.74) is 0.448. The van der Waals surface area contributed by atoms with Crippen molar-refractivity contribution in [3.63, 3.8) is 0 Å². The topological polar surface area (TPSA) is 45.8 Å². The molecule has 1 saturated carbocycles. The van der Waals surface area contributed by atoms with Crippen molar-refractivity contribution >= 4 is 10.8 Å². The Morgan fingerprint density at radius 2 is 1.67 bits per heavy atom. The number of H-pyrrole nitrogens is 1. The lowest BCUT2D eigenvalue weighted by Gasteiger charge is -2.29. The fourth-order valence-corrected chi connectivity index (χ4v) is 3.14. The highest BCUT2D eigenvalue weighted by Crippen LogP contribution is 2.43. The maximum absolute atomic E-state index is 12.7. The molecule has 0 aliphatic heterocycles. The van der Waals surface area contributed by atoms with Crippen molar-refractivity contribution in [3.8, 4) is 0 Å². The number of alkyl halides is 3. The van der Waals surface area contributed by atoms with Crippen molar-refractivity contribution in [2.75, 3.05) is 0 Å². The van der Waals surface area contributed by atoms with Crippen LogP contribution in [0.2, 0.25) is 0 Å². The van der Waals surface area contributed by atoms with Crippen molar-refractivity contribution in [2.45, 2.75) is 37.8 Å². The molecule has 0 unspecified atom stereocenters. The van der Waals surface area contributed by atoms with E-state index in [1.165, 1.54) is 0 Å². The lowest BCUT2D eigenvalue weighted by atomic mass is 9.79. The number of aromatic nitrogens is 2. The molecule has 112 valence electrons. The minimum atomic E-state index is -4.11. The van der Waals surface area contributed by atoms with Crippen LogP contribution in [-0.2, 0) is 0 Å². The minimum Gasteiger partial charge on any atom is -0.267 e. The van der Waals surface area contributed by atoms with Crippen LogP contribution in [0.1, 0.15) is 37.3 Å².